The Bertz CT molecular complexity index is 724. The summed E-state index contributed by atoms with van der Waals surface area (Å²) in [6.45, 7) is 0. The lowest BCUT2D eigenvalue weighted by Gasteiger charge is -2.06. The Kier molecular flexibility index (Phi) is 1.99. The van der Waals surface area contributed by atoms with Gasteiger partial charge in [0.1, 0.15) is 5.52 Å². The number of hydrogen-bond acceptors (Lipinski definition) is 4. The molecule has 0 bridgehead atoms. The number of nitrogen functional groups attached to an aromatic ring is 1. The molecular formula is C13H12N4S. The topological polar surface area (TPSA) is 56.7 Å². The first kappa shape index (κ1) is 10.1. The third-order valence-corrected chi connectivity index (χ3v) is 4.23. The second-order valence-electron chi connectivity index (χ2n) is 4.61. The number of thiophene rings is 1. The Morgan fingerprint density at radius 1 is 1.33 bits per heavy atom. The highest BCUT2D eigenvalue weighted by atomic mass is 32.1. The van der Waals surface area contributed by atoms with E-state index in [1.165, 1.54) is 12.8 Å². The second-order valence-corrected chi connectivity index (χ2v) is 5.52. The van der Waals surface area contributed by atoms with Gasteiger partial charge in [0, 0.05) is 12.2 Å². The number of hydrogen-bond donors (Lipinski definition) is 1. The Labute approximate surface area is 108 Å². The van der Waals surface area contributed by atoms with Gasteiger partial charge in [-0.1, -0.05) is 0 Å². The van der Waals surface area contributed by atoms with Gasteiger partial charge in [-0.15, -0.1) is 11.3 Å². The molecule has 3 heterocycles. The van der Waals surface area contributed by atoms with Crippen LogP contribution in [0.4, 0.5) is 5.69 Å². The van der Waals surface area contributed by atoms with Crippen LogP contribution in [0.1, 0.15) is 18.9 Å². The summed E-state index contributed by atoms with van der Waals surface area (Å²) < 4.78 is 2.32. The summed E-state index contributed by atoms with van der Waals surface area (Å²) in [7, 11) is 0. The van der Waals surface area contributed by atoms with E-state index in [1.807, 2.05) is 29.9 Å². The normalized spacial score (nSPS) is 15.3. The van der Waals surface area contributed by atoms with Gasteiger partial charge < -0.3 is 10.3 Å². The van der Waals surface area contributed by atoms with Crippen molar-refractivity contribution in [3.63, 3.8) is 0 Å². The number of fused-ring (bicyclic) bond motifs is 1. The molecule has 0 saturated heterocycles. The minimum atomic E-state index is 0.578. The summed E-state index contributed by atoms with van der Waals surface area (Å²) in [6.07, 6.45) is 6.10. The van der Waals surface area contributed by atoms with E-state index in [9.17, 15) is 0 Å². The first-order valence-corrected chi connectivity index (χ1v) is 6.88. The first-order chi connectivity index (χ1) is 8.84. The lowest BCUT2D eigenvalue weighted by atomic mass is 10.3. The fraction of sp³-hybridized carbons (Fsp3) is 0.231. The van der Waals surface area contributed by atoms with Crippen molar-refractivity contribution in [1.29, 1.82) is 0 Å². The van der Waals surface area contributed by atoms with Gasteiger partial charge in [-0.25, -0.2) is 4.98 Å². The Morgan fingerprint density at radius 2 is 2.22 bits per heavy atom. The molecule has 5 heteroatoms. The van der Waals surface area contributed by atoms with Crippen molar-refractivity contribution in [1.82, 2.24) is 14.5 Å². The Balaban J connectivity index is 2.05. The number of nitrogens with zero attached hydrogens (tertiary/aromatic N) is 3. The molecule has 1 saturated carbocycles. The van der Waals surface area contributed by atoms with E-state index in [4.69, 9.17) is 10.7 Å². The molecule has 2 N–H and O–H groups in total. The van der Waals surface area contributed by atoms with Gasteiger partial charge in [-0.3, -0.25) is 4.98 Å². The van der Waals surface area contributed by atoms with E-state index < -0.39 is 0 Å². The molecule has 3 aromatic rings. The smallest absolute Gasteiger partial charge is 0.153 e. The second kappa shape index (κ2) is 3.55. The molecule has 1 aliphatic rings. The minimum absolute atomic E-state index is 0.578. The molecule has 4 nitrogen and oxygen atoms in total. The zero-order valence-electron chi connectivity index (χ0n) is 9.71. The molecular weight excluding hydrogens is 244 g/mol. The number of imidazole rings is 1. The zero-order chi connectivity index (χ0) is 12.1. The van der Waals surface area contributed by atoms with Crippen molar-refractivity contribution in [3.8, 4) is 10.7 Å². The quantitative estimate of drug-likeness (QED) is 0.766. The van der Waals surface area contributed by atoms with E-state index in [1.54, 1.807) is 11.3 Å². The highest BCUT2D eigenvalue weighted by Gasteiger charge is 2.29. The van der Waals surface area contributed by atoms with Gasteiger partial charge in [0.05, 0.1) is 22.3 Å². The largest absolute Gasteiger partial charge is 0.397 e. The highest BCUT2D eigenvalue weighted by molar-refractivity contribution is 7.14. The molecule has 90 valence electrons. The van der Waals surface area contributed by atoms with Crippen LogP contribution in [0.15, 0.2) is 29.9 Å². The number of nitrogens with two attached hydrogens (primary N) is 1. The molecule has 18 heavy (non-hydrogen) atoms. The summed E-state index contributed by atoms with van der Waals surface area (Å²) in [5.41, 5.74) is 8.95. The van der Waals surface area contributed by atoms with Gasteiger partial charge in [-0.05, 0) is 30.4 Å². The van der Waals surface area contributed by atoms with Gasteiger partial charge in [0.25, 0.3) is 0 Å². The first-order valence-electron chi connectivity index (χ1n) is 6.00. The van der Waals surface area contributed by atoms with E-state index >= 15 is 0 Å². The van der Waals surface area contributed by atoms with Crippen LogP contribution in [0.5, 0.6) is 0 Å². The number of anilines is 1. The van der Waals surface area contributed by atoms with E-state index in [0.29, 0.717) is 6.04 Å². The number of rotatable bonds is 2. The summed E-state index contributed by atoms with van der Waals surface area (Å²) in [4.78, 5) is 9.92. The summed E-state index contributed by atoms with van der Waals surface area (Å²) in [5.74, 6) is 0.994. The summed E-state index contributed by atoms with van der Waals surface area (Å²) >= 11 is 1.65. The molecule has 0 radical (unpaired) electrons. The van der Waals surface area contributed by atoms with Crippen LogP contribution in [-0.2, 0) is 0 Å². The van der Waals surface area contributed by atoms with Crippen LogP contribution in [0.25, 0.3) is 21.7 Å². The van der Waals surface area contributed by atoms with Gasteiger partial charge in [-0.2, -0.15) is 0 Å². The molecule has 0 aliphatic heterocycles. The van der Waals surface area contributed by atoms with Crippen LogP contribution in [0.3, 0.4) is 0 Å². The molecule has 3 aromatic heterocycles. The summed E-state index contributed by atoms with van der Waals surface area (Å²) in [5, 5.41) is 2.01. The standard InChI is InChI=1S/C13H12N4S/c14-9-4-6-18-12(9)13-16-10-7-15-5-3-11(10)17(13)8-1-2-8/h3-8H,1-2,14H2. The van der Waals surface area contributed by atoms with Gasteiger partial charge >= 0.3 is 0 Å². The average Bonchev–Trinajstić information content (AvgIpc) is 3.01. The van der Waals surface area contributed by atoms with E-state index in [-0.39, 0.29) is 0 Å². The van der Waals surface area contributed by atoms with Crippen LogP contribution >= 0.6 is 11.3 Å². The van der Waals surface area contributed by atoms with Crippen LogP contribution in [0.2, 0.25) is 0 Å². The highest BCUT2D eigenvalue weighted by Crippen LogP contribution is 2.43. The zero-order valence-corrected chi connectivity index (χ0v) is 10.5. The van der Waals surface area contributed by atoms with Crippen LogP contribution in [0, 0.1) is 0 Å². The maximum absolute atomic E-state index is 6.03. The maximum atomic E-state index is 6.03. The van der Waals surface area contributed by atoms with E-state index in [2.05, 4.69) is 9.55 Å². The van der Waals surface area contributed by atoms with Crippen molar-refractivity contribution in [2.75, 3.05) is 5.73 Å². The lowest BCUT2D eigenvalue weighted by Crippen LogP contribution is -1.97. The molecule has 0 spiro atoms. The molecule has 1 aliphatic carbocycles. The molecule has 4 rings (SSSR count). The van der Waals surface area contributed by atoms with Crippen molar-refractivity contribution < 1.29 is 0 Å². The lowest BCUT2D eigenvalue weighted by molar-refractivity contribution is 0.777. The third-order valence-electron chi connectivity index (χ3n) is 3.30. The number of pyridine rings is 1. The molecule has 0 unspecified atom stereocenters. The fourth-order valence-electron chi connectivity index (χ4n) is 2.31. The van der Waals surface area contributed by atoms with E-state index in [0.717, 1.165) is 27.4 Å². The third kappa shape index (κ3) is 1.37. The monoisotopic (exact) mass is 256 g/mol. The number of aromatic nitrogens is 3. The van der Waals surface area contributed by atoms with Crippen molar-refractivity contribution in [3.05, 3.63) is 29.9 Å². The fourth-order valence-corrected chi connectivity index (χ4v) is 3.12. The van der Waals surface area contributed by atoms with Crippen molar-refractivity contribution in [2.24, 2.45) is 0 Å². The Hall–Kier alpha value is -1.88. The van der Waals surface area contributed by atoms with Crippen molar-refractivity contribution in [2.45, 2.75) is 18.9 Å². The maximum Gasteiger partial charge on any atom is 0.153 e. The van der Waals surface area contributed by atoms with Gasteiger partial charge in [0.2, 0.25) is 0 Å². The predicted octanol–water partition coefficient (Wildman–Crippen LogP) is 3.08. The van der Waals surface area contributed by atoms with Crippen molar-refractivity contribution >= 4 is 28.1 Å². The average molecular weight is 256 g/mol. The van der Waals surface area contributed by atoms with Crippen LogP contribution in [-0.4, -0.2) is 14.5 Å². The van der Waals surface area contributed by atoms with Crippen LogP contribution < -0.4 is 5.73 Å². The Morgan fingerprint density at radius 3 is 2.94 bits per heavy atom. The predicted molar refractivity (Wildman–Crippen MR) is 73.5 cm³/mol. The summed E-state index contributed by atoms with van der Waals surface area (Å²) in [6, 6.07) is 4.55. The minimum Gasteiger partial charge on any atom is -0.397 e. The molecule has 1 fully saturated rings. The molecule has 0 aromatic carbocycles. The SMILES string of the molecule is Nc1ccsc1-c1nc2cnccc2n1C1CC1. The molecule has 0 amide bonds. The van der Waals surface area contributed by atoms with Gasteiger partial charge in [0.15, 0.2) is 5.82 Å². The molecule has 0 atom stereocenters.